The molecule has 5 atom stereocenters. The molecule has 1 unspecified atom stereocenters. The van der Waals surface area contributed by atoms with E-state index in [0.29, 0.717) is 11.5 Å². The van der Waals surface area contributed by atoms with Crippen LogP contribution in [-0.2, 0) is 26.8 Å². The predicted octanol–water partition coefficient (Wildman–Crippen LogP) is 3.14. The van der Waals surface area contributed by atoms with Crippen molar-refractivity contribution in [1.82, 2.24) is 19.6 Å². The fraction of sp³-hybridized carbons (Fsp3) is 0.345. The van der Waals surface area contributed by atoms with E-state index in [9.17, 15) is 19.6 Å². The third kappa shape index (κ3) is 6.24. The SMILES string of the molecule is Cc1nc(N)c2c(C(N)=O)cn([C@@H]3C[C@H](COP(=O)(NCc4ccccc4)OCc4ccccc4C)[C@@H](O)[C@H]3O)c2n1. The van der Waals surface area contributed by atoms with Gasteiger partial charge in [0.05, 0.1) is 36.3 Å². The van der Waals surface area contributed by atoms with Gasteiger partial charge in [-0.3, -0.25) is 13.8 Å². The van der Waals surface area contributed by atoms with Gasteiger partial charge in [-0.25, -0.2) is 19.6 Å². The maximum atomic E-state index is 13.9. The first kappa shape index (κ1) is 29.8. The van der Waals surface area contributed by atoms with Crippen molar-refractivity contribution in [3.05, 3.63) is 88.9 Å². The number of carbonyl (C=O) groups is 1. The van der Waals surface area contributed by atoms with E-state index in [4.69, 9.17) is 20.5 Å². The molecule has 7 N–H and O–H groups in total. The molecule has 13 heteroatoms. The summed E-state index contributed by atoms with van der Waals surface area (Å²) in [4.78, 5) is 20.7. The molecular formula is C29H35N6O6P. The number of aromatic nitrogens is 3. The van der Waals surface area contributed by atoms with Crippen LogP contribution in [0.2, 0.25) is 0 Å². The van der Waals surface area contributed by atoms with Crippen molar-refractivity contribution in [2.24, 2.45) is 11.7 Å². The van der Waals surface area contributed by atoms with Crippen molar-refractivity contribution < 1.29 is 28.6 Å². The molecule has 2 aromatic carbocycles. The summed E-state index contributed by atoms with van der Waals surface area (Å²) >= 11 is 0. The molecule has 0 saturated heterocycles. The van der Waals surface area contributed by atoms with Crippen LogP contribution in [0, 0.1) is 19.8 Å². The van der Waals surface area contributed by atoms with Crippen molar-refractivity contribution in [3.8, 4) is 0 Å². The molecule has 12 nitrogen and oxygen atoms in total. The average Bonchev–Trinajstić information content (AvgIpc) is 3.48. The van der Waals surface area contributed by atoms with Gasteiger partial charge in [0.25, 0.3) is 5.91 Å². The second-order valence-electron chi connectivity index (χ2n) is 10.5. The summed E-state index contributed by atoms with van der Waals surface area (Å²) in [6.45, 7) is 3.71. The van der Waals surface area contributed by atoms with Crippen LogP contribution < -0.4 is 16.6 Å². The molecule has 4 aromatic rings. The van der Waals surface area contributed by atoms with Crippen LogP contribution in [0.3, 0.4) is 0 Å². The second-order valence-corrected chi connectivity index (χ2v) is 12.4. The monoisotopic (exact) mass is 594 g/mol. The number of nitrogens with zero attached hydrogens (tertiary/aromatic N) is 3. The predicted molar refractivity (Wildman–Crippen MR) is 157 cm³/mol. The van der Waals surface area contributed by atoms with E-state index in [2.05, 4.69) is 15.1 Å². The van der Waals surface area contributed by atoms with Gasteiger partial charge < -0.3 is 26.2 Å². The molecule has 42 heavy (non-hydrogen) atoms. The van der Waals surface area contributed by atoms with Crippen molar-refractivity contribution in [2.75, 3.05) is 12.3 Å². The summed E-state index contributed by atoms with van der Waals surface area (Å²) in [5.74, 6) is -0.871. The number of primary amides is 1. The van der Waals surface area contributed by atoms with E-state index in [1.165, 1.54) is 6.20 Å². The topological polar surface area (TPSA) is 188 Å². The molecule has 0 bridgehead atoms. The highest BCUT2D eigenvalue weighted by molar-refractivity contribution is 7.51. The number of nitrogens with two attached hydrogens (primary N) is 2. The number of hydrogen-bond donors (Lipinski definition) is 5. The minimum atomic E-state index is -3.87. The van der Waals surface area contributed by atoms with Crippen LogP contribution in [-0.4, -0.2) is 49.5 Å². The number of anilines is 1. The Morgan fingerprint density at radius 1 is 1.07 bits per heavy atom. The first-order chi connectivity index (χ1) is 20.1. The Bertz CT molecular complexity index is 1630. The lowest BCUT2D eigenvalue weighted by atomic mass is 10.1. The molecule has 2 heterocycles. The number of carbonyl (C=O) groups excluding carboxylic acids is 1. The van der Waals surface area contributed by atoms with E-state index >= 15 is 0 Å². The molecule has 1 fully saturated rings. The molecule has 5 rings (SSSR count). The Kier molecular flexibility index (Phi) is 8.74. The normalized spacial score (nSPS) is 21.9. The van der Waals surface area contributed by atoms with Crippen molar-refractivity contribution >= 4 is 30.5 Å². The van der Waals surface area contributed by atoms with Gasteiger partial charge in [-0.05, 0) is 37.0 Å². The zero-order chi connectivity index (χ0) is 30.0. The van der Waals surface area contributed by atoms with Crippen molar-refractivity contribution in [2.45, 2.75) is 51.7 Å². The van der Waals surface area contributed by atoms with Gasteiger partial charge in [-0.2, -0.15) is 0 Å². The number of hydrogen-bond acceptors (Lipinski definition) is 9. The molecule has 222 valence electrons. The minimum Gasteiger partial charge on any atom is -0.390 e. The summed E-state index contributed by atoms with van der Waals surface area (Å²) < 4.78 is 27.2. The van der Waals surface area contributed by atoms with Gasteiger partial charge in [-0.1, -0.05) is 54.6 Å². The highest BCUT2D eigenvalue weighted by Crippen LogP contribution is 2.47. The van der Waals surface area contributed by atoms with E-state index in [1.54, 1.807) is 11.5 Å². The van der Waals surface area contributed by atoms with Gasteiger partial charge in [0, 0.05) is 18.7 Å². The lowest BCUT2D eigenvalue weighted by Gasteiger charge is -2.23. The van der Waals surface area contributed by atoms with Crippen LogP contribution in [0.25, 0.3) is 11.0 Å². The standard InChI is InChI=1S/C29H35N6O6P/c1-17-8-6-7-11-20(17)15-40-42(39,32-13-19-9-4-3-5-10-19)41-16-21-12-23(26(37)25(21)36)35-14-22(28(31)38)24-27(30)33-18(2)34-29(24)35/h3-11,14,21,23,25-26,36-37H,12-13,15-16H2,1-2H3,(H2,31,38)(H,32,39)(H2,30,33,34)/t21-,23-,25-,26+,42?/m1/s1. The molecule has 0 spiro atoms. The Morgan fingerprint density at radius 2 is 1.79 bits per heavy atom. The third-order valence-corrected chi connectivity index (χ3v) is 9.14. The number of nitrogens with one attached hydrogen (secondary N) is 1. The molecule has 0 radical (unpaired) electrons. The number of aryl methyl sites for hydroxylation is 2. The van der Waals surface area contributed by atoms with Gasteiger partial charge in [-0.15, -0.1) is 0 Å². The number of fused-ring (bicyclic) bond motifs is 1. The number of rotatable bonds is 11. The number of nitrogen functional groups attached to an aromatic ring is 1. The molecule has 0 aliphatic heterocycles. The van der Waals surface area contributed by atoms with E-state index in [-0.39, 0.29) is 42.9 Å². The molecule has 1 amide bonds. The molecular weight excluding hydrogens is 559 g/mol. The van der Waals surface area contributed by atoms with Crippen LogP contribution >= 0.6 is 7.75 Å². The highest BCUT2D eigenvalue weighted by Gasteiger charge is 2.44. The lowest BCUT2D eigenvalue weighted by molar-refractivity contribution is -0.00314. The lowest BCUT2D eigenvalue weighted by Crippen LogP contribution is -2.31. The van der Waals surface area contributed by atoms with Crippen LogP contribution in [0.1, 0.15) is 45.3 Å². The Labute approximate surface area is 243 Å². The quantitative estimate of drug-likeness (QED) is 0.161. The third-order valence-electron chi connectivity index (χ3n) is 7.64. The summed E-state index contributed by atoms with van der Waals surface area (Å²) in [6.07, 6.45) is -0.762. The van der Waals surface area contributed by atoms with Gasteiger partial charge in [0.2, 0.25) is 0 Å². The Hall–Kier alpha value is -3.64. The Balaban J connectivity index is 1.36. The van der Waals surface area contributed by atoms with Gasteiger partial charge in [0.15, 0.2) is 0 Å². The average molecular weight is 595 g/mol. The largest absolute Gasteiger partial charge is 0.406 e. The molecule has 1 aliphatic rings. The molecule has 2 aromatic heterocycles. The first-order valence-corrected chi connectivity index (χ1v) is 15.1. The van der Waals surface area contributed by atoms with Crippen LogP contribution in [0.5, 0.6) is 0 Å². The van der Waals surface area contributed by atoms with Gasteiger partial charge in [0.1, 0.15) is 23.4 Å². The summed E-state index contributed by atoms with van der Waals surface area (Å²) in [6, 6.07) is 16.3. The number of aliphatic hydroxyl groups is 2. The van der Waals surface area contributed by atoms with Crippen molar-refractivity contribution in [1.29, 1.82) is 0 Å². The zero-order valence-corrected chi connectivity index (χ0v) is 24.3. The fourth-order valence-electron chi connectivity index (χ4n) is 5.30. The van der Waals surface area contributed by atoms with E-state index in [0.717, 1.165) is 16.7 Å². The summed E-state index contributed by atoms with van der Waals surface area (Å²) in [5.41, 5.74) is 14.8. The second kappa shape index (κ2) is 12.3. The van der Waals surface area contributed by atoms with Gasteiger partial charge >= 0.3 is 7.75 Å². The number of amides is 1. The number of benzene rings is 2. The fourth-order valence-corrected chi connectivity index (χ4v) is 6.63. The van der Waals surface area contributed by atoms with Crippen LogP contribution in [0.15, 0.2) is 60.8 Å². The highest BCUT2D eigenvalue weighted by atomic mass is 31.2. The van der Waals surface area contributed by atoms with E-state index in [1.807, 2.05) is 61.5 Å². The zero-order valence-electron chi connectivity index (χ0n) is 23.4. The van der Waals surface area contributed by atoms with E-state index < -0.39 is 37.8 Å². The smallest absolute Gasteiger partial charge is 0.390 e. The minimum absolute atomic E-state index is 0.0515. The summed E-state index contributed by atoms with van der Waals surface area (Å²) in [7, 11) is -3.87. The van der Waals surface area contributed by atoms with Crippen molar-refractivity contribution in [3.63, 3.8) is 0 Å². The van der Waals surface area contributed by atoms with Crippen LogP contribution in [0.4, 0.5) is 5.82 Å². The number of aliphatic hydroxyl groups excluding tert-OH is 2. The summed E-state index contributed by atoms with van der Waals surface area (Å²) in [5, 5.41) is 25.3. The maximum Gasteiger partial charge on any atom is 0.406 e. The Morgan fingerprint density at radius 3 is 2.50 bits per heavy atom. The molecule has 1 saturated carbocycles. The molecule has 1 aliphatic carbocycles. The maximum absolute atomic E-state index is 13.9. The first-order valence-electron chi connectivity index (χ1n) is 13.6.